The first-order valence-corrected chi connectivity index (χ1v) is 10.1. The molecular formula is C14H21N6O9P. The van der Waals surface area contributed by atoms with Gasteiger partial charge in [0.05, 0.1) is 12.9 Å². The maximum Gasteiger partial charge on any atom is 0.373 e. The summed E-state index contributed by atoms with van der Waals surface area (Å²) in [5.41, 5.74) is 9.47. The molecule has 166 valence electrons. The Labute approximate surface area is 168 Å². The standard InChI is InChI=1S/C14H21N6O9P/c1-5(21)7(15)14(24)29-30(25,26)27-2-6-9(22)10(23)13(28-6)20-4-19-8-11(16)17-3-18-12(8)20/h3-7,9-10,13,21-23H,2,15H2,1H3,(H,25,26)(H2,16,17,18)/t5-,6-,7+,9-,10-,13-/m1/s1. The van der Waals surface area contributed by atoms with E-state index < -0.39 is 57.1 Å². The Morgan fingerprint density at radius 2 is 2.13 bits per heavy atom. The van der Waals surface area contributed by atoms with Crippen molar-refractivity contribution in [2.45, 2.75) is 43.6 Å². The normalized spacial score (nSPS) is 28.2. The van der Waals surface area contributed by atoms with E-state index >= 15 is 0 Å². The fraction of sp³-hybridized carbons (Fsp3) is 0.571. The first-order chi connectivity index (χ1) is 14.0. The first kappa shape index (κ1) is 22.5. The van der Waals surface area contributed by atoms with Gasteiger partial charge in [0.15, 0.2) is 17.7 Å². The summed E-state index contributed by atoms with van der Waals surface area (Å²) in [5.74, 6) is -1.21. The third-order valence-corrected chi connectivity index (χ3v) is 5.35. The fourth-order valence-corrected chi connectivity index (χ4v) is 3.46. The van der Waals surface area contributed by atoms with Crippen LogP contribution in [0.2, 0.25) is 0 Å². The molecule has 1 aliphatic heterocycles. The van der Waals surface area contributed by atoms with Crippen LogP contribution in [0.25, 0.3) is 11.2 Å². The molecule has 2 aromatic rings. The van der Waals surface area contributed by atoms with E-state index in [9.17, 15) is 29.6 Å². The summed E-state index contributed by atoms with van der Waals surface area (Å²) in [6.45, 7) is 0.473. The molecule has 30 heavy (non-hydrogen) atoms. The number of carbonyl (C=O) groups is 1. The fourth-order valence-electron chi connectivity index (χ4n) is 2.72. The van der Waals surface area contributed by atoms with Crippen LogP contribution >= 0.6 is 7.82 Å². The minimum absolute atomic E-state index is 0.0988. The third-order valence-electron chi connectivity index (χ3n) is 4.48. The van der Waals surface area contributed by atoms with Gasteiger partial charge in [-0.1, -0.05) is 0 Å². The minimum Gasteiger partial charge on any atom is -0.746 e. The average Bonchev–Trinajstić information content (AvgIpc) is 3.22. The minimum atomic E-state index is -5.15. The van der Waals surface area contributed by atoms with Crippen LogP contribution < -0.4 is 16.4 Å². The lowest BCUT2D eigenvalue weighted by Gasteiger charge is -2.25. The summed E-state index contributed by atoms with van der Waals surface area (Å²) in [5, 5.41) is 29.8. The number of anilines is 1. The van der Waals surface area contributed by atoms with Gasteiger partial charge in [-0.2, -0.15) is 0 Å². The van der Waals surface area contributed by atoms with E-state index in [2.05, 4.69) is 29.7 Å². The quantitative estimate of drug-likeness (QED) is 0.254. The number of rotatable bonds is 7. The maximum atomic E-state index is 11.8. The molecule has 0 saturated carbocycles. The van der Waals surface area contributed by atoms with Gasteiger partial charge in [0.2, 0.25) is 6.04 Å². The van der Waals surface area contributed by atoms with Gasteiger partial charge in [-0.3, -0.25) is 9.13 Å². The van der Waals surface area contributed by atoms with Crippen molar-refractivity contribution in [3.05, 3.63) is 12.7 Å². The van der Waals surface area contributed by atoms with E-state index in [0.717, 1.165) is 0 Å². The maximum absolute atomic E-state index is 11.8. The summed E-state index contributed by atoms with van der Waals surface area (Å²) >= 11 is 0. The number of hydrogen-bond donors (Lipinski definition) is 5. The van der Waals surface area contributed by atoms with Crippen LogP contribution in [0.1, 0.15) is 13.2 Å². The Bertz CT molecular complexity index is 971. The first-order valence-electron chi connectivity index (χ1n) is 8.66. The molecule has 8 N–H and O–H groups in total. The van der Waals surface area contributed by atoms with Gasteiger partial charge in [0.25, 0.3) is 0 Å². The van der Waals surface area contributed by atoms with E-state index in [1.165, 1.54) is 24.1 Å². The summed E-state index contributed by atoms with van der Waals surface area (Å²) in [6.07, 6.45) is -4.29. The van der Waals surface area contributed by atoms with Crippen LogP contribution in [0, 0.1) is 0 Å². The van der Waals surface area contributed by atoms with Crippen molar-refractivity contribution in [3.8, 4) is 0 Å². The van der Waals surface area contributed by atoms with E-state index in [0.29, 0.717) is 0 Å². The van der Waals surface area contributed by atoms with Crippen LogP contribution in [0.15, 0.2) is 12.7 Å². The van der Waals surface area contributed by atoms with Crippen molar-refractivity contribution in [3.63, 3.8) is 0 Å². The summed E-state index contributed by atoms with van der Waals surface area (Å²) in [6, 6.07) is -1.35. The highest BCUT2D eigenvalue weighted by molar-refractivity contribution is 7.46. The van der Waals surface area contributed by atoms with Crippen molar-refractivity contribution >= 4 is 30.8 Å². The molecule has 7 atom stereocenters. The number of quaternary nitrogens is 1. The van der Waals surface area contributed by atoms with Crippen molar-refractivity contribution < 1.29 is 49.1 Å². The molecule has 1 saturated heterocycles. The molecular weight excluding hydrogens is 427 g/mol. The third kappa shape index (κ3) is 4.43. The Morgan fingerprint density at radius 3 is 2.80 bits per heavy atom. The summed E-state index contributed by atoms with van der Waals surface area (Å²) in [4.78, 5) is 35.3. The number of imidazole rings is 1. The van der Waals surface area contributed by atoms with Crippen LogP contribution in [0.4, 0.5) is 5.82 Å². The van der Waals surface area contributed by atoms with E-state index in [1.54, 1.807) is 0 Å². The van der Waals surface area contributed by atoms with Crippen molar-refractivity contribution in [2.24, 2.45) is 0 Å². The highest BCUT2D eigenvalue weighted by Gasteiger charge is 2.45. The van der Waals surface area contributed by atoms with Crippen molar-refractivity contribution in [2.75, 3.05) is 12.3 Å². The molecule has 0 amide bonds. The number of nitrogen functional groups attached to an aromatic ring is 1. The number of hydrogen-bond acceptors (Lipinski definition) is 13. The molecule has 0 spiro atoms. The molecule has 15 nitrogen and oxygen atoms in total. The van der Waals surface area contributed by atoms with Gasteiger partial charge in [-0.05, 0) is 6.92 Å². The smallest absolute Gasteiger partial charge is 0.373 e. The highest BCUT2D eigenvalue weighted by Crippen LogP contribution is 2.41. The van der Waals surface area contributed by atoms with E-state index in [-0.39, 0.29) is 17.0 Å². The van der Waals surface area contributed by atoms with Crippen molar-refractivity contribution in [1.29, 1.82) is 0 Å². The molecule has 1 fully saturated rings. The van der Waals surface area contributed by atoms with E-state index in [4.69, 9.17) is 10.5 Å². The Morgan fingerprint density at radius 1 is 1.43 bits per heavy atom. The van der Waals surface area contributed by atoms with Crippen LogP contribution in [-0.2, 0) is 23.1 Å². The van der Waals surface area contributed by atoms with Crippen molar-refractivity contribution in [1.82, 2.24) is 19.5 Å². The van der Waals surface area contributed by atoms with Gasteiger partial charge in [-0.15, -0.1) is 0 Å². The van der Waals surface area contributed by atoms with E-state index in [1.807, 2.05) is 0 Å². The second-order valence-corrected chi connectivity index (χ2v) is 7.96. The molecule has 0 aromatic carbocycles. The predicted octanol–water partition coefficient (Wildman–Crippen LogP) is -3.95. The number of aliphatic hydroxyl groups is 3. The van der Waals surface area contributed by atoms with Crippen LogP contribution in [0.5, 0.6) is 0 Å². The lowest BCUT2D eigenvalue weighted by atomic mass is 10.1. The molecule has 1 aliphatic rings. The second-order valence-electron chi connectivity index (χ2n) is 6.63. The summed E-state index contributed by atoms with van der Waals surface area (Å²) in [7, 11) is -5.15. The Hall–Kier alpha value is -2.23. The van der Waals surface area contributed by atoms with Gasteiger partial charge in [-0.25, -0.2) is 19.7 Å². The Balaban J connectivity index is 1.67. The molecule has 0 bridgehead atoms. The lowest BCUT2D eigenvalue weighted by molar-refractivity contribution is -0.423. The highest BCUT2D eigenvalue weighted by atomic mass is 31.2. The molecule has 16 heteroatoms. The Kier molecular flexibility index (Phi) is 6.35. The number of ether oxygens (including phenoxy) is 1. The number of nitrogens with two attached hydrogens (primary N) is 1. The zero-order valence-electron chi connectivity index (χ0n) is 15.6. The number of phosphoric ester groups is 1. The monoisotopic (exact) mass is 448 g/mol. The number of phosphoric acid groups is 1. The number of carbonyl (C=O) groups excluding carboxylic acids is 1. The number of fused-ring (bicyclic) bond motifs is 1. The SMILES string of the molecule is C[C@@H](O)[C@H]([NH3+])C(=O)OP(=O)([O-])OC[C@H]1O[C@@H](n2cnc3c(N)ncnc32)[C@H](O)[C@@H]1O. The van der Waals surface area contributed by atoms with Gasteiger partial charge in [0.1, 0.15) is 36.3 Å². The molecule has 0 radical (unpaired) electrons. The zero-order chi connectivity index (χ0) is 22.2. The average molecular weight is 448 g/mol. The molecule has 3 heterocycles. The number of aliphatic hydroxyl groups excluding tert-OH is 3. The topological polar surface area (TPSA) is 243 Å². The molecule has 3 rings (SSSR count). The molecule has 0 aliphatic carbocycles. The number of nitrogens with zero attached hydrogens (tertiary/aromatic N) is 4. The van der Waals surface area contributed by atoms with Gasteiger partial charge < -0.3 is 45.5 Å². The predicted molar refractivity (Wildman–Crippen MR) is 93.7 cm³/mol. The number of aromatic nitrogens is 4. The second kappa shape index (κ2) is 8.49. The molecule has 2 aromatic heterocycles. The van der Waals surface area contributed by atoms with Crippen LogP contribution in [-0.4, -0.2) is 77.9 Å². The molecule has 1 unspecified atom stereocenters. The van der Waals surface area contributed by atoms with Gasteiger partial charge in [0, 0.05) is 0 Å². The largest absolute Gasteiger partial charge is 0.746 e. The summed E-state index contributed by atoms with van der Waals surface area (Å²) < 4.78 is 27.5. The van der Waals surface area contributed by atoms with Crippen LogP contribution in [0.3, 0.4) is 0 Å². The lowest BCUT2D eigenvalue weighted by Crippen LogP contribution is -2.69. The zero-order valence-corrected chi connectivity index (χ0v) is 16.5. The van der Waals surface area contributed by atoms with Gasteiger partial charge >= 0.3 is 13.8 Å².